The van der Waals surface area contributed by atoms with Gasteiger partial charge in [-0.3, -0.25) is 0 Å². The van der Waals surface area contributed by atoms with Crippen molar-refractivity contribution in [3.05, 3.63) is 28.8 Å². The number of fused-ring (bicyclic) bond motifs is 2. The molecule has 1 aromatic rings. The lowest BCUT2D eigenvalue weighted by Crippen LogP contribution is -2.51. The zero-order chi connectivity index (χ0) is 12.5. The van der Waals surface area contributed by atoms with Crippen molar-refractivity contribution < 1.29 is 4.74 Å². The second-order valence-electron chi connectivity index (χ2n) is 5.57. The molecule has 2 unspecified atom stereocenters. The highest BCUT2D eigenvalue weighted by Gasteiger charge is 2.32. The molecule has 0 spiro atoms. The van der Waals surface area contributed by atoms with Crippen LogP contribution in [0.5, 0.6) is 5.75 Å². The summed E-state index contributed by atoms with van der Waals surface area (Å²) >= 11 is 6.13. The number of benzene rings is 1. The Morgan fingerprint density at radius 1 is 1.22 bits per heavy atom. The molecule has 2 atom stereocenters. The van der Waals surface area contributed by atoms with Crippen LogP contribution >= 0.6 is 11.6 Å². The molecule has 3 heteroatoms. The van der Waals surface area contributed by atoms with Crippen molar-refractivity contribution in [1.82, 2.24) is 5.32 Å². The highest BCUT2D eigenvalue weighted by Crippen LogP contribution is 2.31. The first-order valence-electron chi connectivity index (χ1n) is 6.90. The topological polar surface area (TPSA) is 21.3 Å². The zero-order valence-electron chi connectivity index (χ0n) is 10.8. The van der Waals surface area contributed by atoms with Crippen LogP contribution in [0.15, 0.2) is 18.2 Å². The minimum absolute atomic E-state index is 0.346. The van der Waals surface area contributed by atoms with Crippen molar-refractivity contribution in [3.8, 4) is 5.75 Å². The summed E-state index contributed by atoms with van der Waals surface area (Å²) in [4.78, 5) is 0. The molecule has 0 aromatic heterocycles. The van der Waals surface area contributed by atoms with Crippen molar-refractivity contribution in [3.63, 3.8) is 0 Å². The second kappa shape index (κ2) is 5.10. The molecule has 18 heavy (non-hydrogen) atoms. The van der Waals surface area contributed by atoms with Crippen LogP contribution in [0.3, 0.4) is 0 Å². The van der Waals surface area contributed by atoms with Gasteiger partial charge in [0.1, 0.15) is 11.9 Å². The Balaban J connectivity index is 1.71. The van der Waals surface area contributed by atoms with Crippen molar-refractivity contribution in [2.75, 3.05) is 0 Å². The third-order valence-electron chi connectivity index (χ3n) is 4.18. The van der Waals surface area contributed by atoms with E-state index in [0.717, 1.165) is 29.2 Å². The fraction of sp³-hybridized carbons (Fsp3) is 0.600. The normalized spacial score (nSPS) is 31.1. The maximum Gasteiger partial charge on any atom is 0.124 e. The van der Waals surface area contributed by atoms with E-state index in [1.807, 2.05) is 25.1 Å². The molecule has 0 amide bonds. The SMILES string of the molecule is Cc1c(Cl)cccc1OC1CC2CCCC(C1)N2. The van der Waals surface area contributed by atoms with Crippen LogP contribution < -0.4 is 10.1 Å². The molecule has 3 rings (SSSR count). The predicted molar refractivity (Wildman–Crippen MR) is 74.4 cm³/mol. The summed E-state index contributed by atoms with van der Waals surface area (Å²) in [6, 6.07) is 7.22. The Labute approximate surface area is 114 Å². The third-order valence-corrected chi connectivity index (χ3v) is 4.59. The standard InChI is InChI=1S/C15H20ClNO/c1-10-14(16)6-3-7-15(10)18-13-8-11-4-2-5-12(9-13)17-11/h3,6-7,11-13,17H,2,4-5,8-9H2,1H3. The molecule has 0 radical (unpaired) electrons. The van der Waals surface area contributed by atoms with Gasteiger partial charge in [-0.05, 0) is 44.7 Å². The van der Waals surface area contributed by atoms with Crippen molar-refractivity contribution in [2.24, 2.45) is 0 Å². The van der Waals surface area contributed by atoms with Gasteiger partial charge in [-0.25, -0.2) is 0 Å². The van der Waals surface area contributed by atoms with Gasteiger partial charge in [0.2, 0.25) is 0 Å². The van der Waals surface area contributed by atoms with Crippen molar-refractivity contribution in [1.29, 1.82) is 0 Å². The minimum atomic E-state index is 0.346. The van der Waals surface area contributed by atoms with Crippen LogP contribution in [-0.2, 0) is 0 Å². The lowest BCUT2D eigenvalue weighted by atomic mass is 9.85. The summed E-state index contributed by atoms with van der Waals surface area (Å²) in [6.07, 6.45) is 6.56. The molecule has 2 aliphatic rings. The van der Waals surface area contributed by atoms with Gasteiger partial charge in [0, 0.05) is 22.7 Å². The summed E-state index contributed by atoms with van der Waals surface area (Å²) in [6.45, 7) is 2.03. The lowest BCUT2D eigenvalue weighted by Gasteiger charge is -2.40. The van der Waals surface area contributed by atoms with Crippen LogP contribution in [0.4, 0.5) is 0 Å². The Morgan fingerprint density at radius 3 is 2.67 bits per heavy atom. The van der Waals surface area contributed by atoms with Gasteiger partial charge in [-0.1, -0.05) is 24.1 Å². The molecule has 2 bridgehead atoms. The molecule has 2 heterocycles. The fourth-order valence-electron chi connectivity index (χ4n) is 3.20. The number of piperidine rings is 2. The van der Waals surface area contributed by atoms with E-state index in [1.165, 1.54) is 19.3 Å². The smallest absolute Gasteiger partial charge is 0.124 e. The number of hydrogen-bond donors (Lipinski definition) is 1. The summed E-state index contributed by atoms with van der Waals surface area (Å²) in [5, 5.41) is 4.48. The van der Waals surface area contributed by atoms with E-state index < -0.39 is 0 Å². The van der Waals surface area contributed by atoms with Crippen LogP contribution in [0.1, 0.15) is 37.7 Å². The molecule has 0 aliphatic carbocycles. The van der Waals surface area contributed by atoms with E-state index in [1.54, 1.807) is 0 Å². The van der Waals surface area contributed by atoms with Gasteiger partial charge in [-0.2, -0.15) is 0 Å². The molecule has 1 aromatic carbocycles. The maximum absolute atomic E-state index is 6.18. The van der Waals surface area contributed by atoms with E-state index in [4.69, 9.17) is 16.3 Å². The van der Waals surface area contributed by atoms with Crippen molar-refractivity contribution in [2.45, 2.75) is 57.2 Å². The number of halogens is 1. The van der Waals surface area contributed by atoms with Gasteiger partial charge < -0.3 is 10.1 Å². The molecule has 2 aliphatic heterocycles. The Bertz CT molecular complexity index is 423. The second-order valence-corrected chi connectivity index (χ2v) is 5.97. The summed E-state index contributed by atoms with van der Waals surface area (Å²) in [5.74, 6) is 0.951. The Morgan fingerprint density at radius 2 is 1.94 bits per heavy atom. The van der Waals surface area contributed by atoms with Crippen LogP contribution in [0.2, 0.25) is 5.02 Å². The number of rotatable bonds is 2. The molecule has 0 saturated carbocycles. The number of ether oxygens (including phenoxy) is 1. The predicted octanol–water partition coefficient (Wildman–Crippen LogP) is 3.70. The van der Waals surface area contributed by atoms with Gasteiger partial charge in [0.25, 0.3) is 0 Å². The minimum Gasteiger partial charge on any atom is -0.490 e. The van der Waals surface area contributed by atoms with Crippen LogP contribution in [0.25, 0.3) is 0 Å². The highest BCUT2D eigenvalue weighted by molar-refractivity contribution is 6.31. The highest BCUT2D eigenvalue weighted by atomic mass is 35.5. The average molecular weight is 266 g/mol. The maximum atomic E-state index is 6.18. The average Bonchev–Trinajstić information content (AvgIpc) is 2.35. The molecular formula is C15H20ClNO. The van der Waals surface area contributed by atoms with E-state index in [0.29, 0.717) is 18.2 Å². The summed E-state index contributed by atoms with van der Waals surface area (Å²) in [7, 11) is 0. The molecule has 98 valence electrons. The number of nitrogens with one attached hydrogen (secondary N) is 1. The molecule has 2 fully saturated rings. The van der Waals surface area contributed by atoms with Gasteiger partial charge in [-0.15, -0.1) is 0 Å². The molecular weight excluding hydrogens is 246 g/mol. The van der Waals surface area contributed by atoms with Gasteiger partial charge >= 0.3 is 0 Å². The monoisotopic (exact) mass is 265 g/mol. The molecule has 2 nitrogen and oxygen atoms in total. The van der Waals surface area contributed by atoms with Gasteiger partial charge in [0.15, 0.2) is 0 Å². The van der Waals surface area contributed by atoms with Gasteiger partial charge in [0.05, 0.1) is 0 Å². The number of hydrogen-bond acceptors (Lipinski definition) is 2. The lowest BCUT2D eigenvalue weighted by molar-refractivity contribution is 0.0921. The van der Waals surface area contributed by atoms with Crippen LogP contribution in [0, 0.1) is 6.92 Å². The summed E-state index contributed by atoms with van der Waals surface area (Å²) < 4.78 is 6.18. The Kier molecular flexibility index (Phi) is 3.49. The third kappa shape index (κ3) is 2.50. The van der Waals surface area contributed by atoms with E-state index >= 15 is 0 Å². The zero-order valence-corrected chi connectivity index (χ0v) is 11.5. The van der Waals surface area contributed by atoms with E-state index in [-0.39, 0.29) is 0 Å². The Hall–Kier alpha value is -0.730. The van der Waals surface area contributed by atoms with E-state index in [9.17, 15) is 0 Å². The van der Waals surface area contributed by atoms with Crippen LogP contribution in [-0.4, -0.2) is 18.2 Å². The largest absolute Gasteiger partial charge is 0.490 e. The molecule has 1 N–H and O–H groups in total. The first-order chi connectivity index (χ1) is 8.72. The fourth-order valence-corrected chi connectivity index (χ4v) is 3.37. The quantitative estimate of drug-likeness (QED) is 0.880. The van der Waals surface area contributed by atoms with E-state index in [2.05, 4.69) is 5.32 Å². The first-order valence-corrected chi connectivity index (χ1v) is 7.28. The first kappa shape index (κ1) is 12.3. The molecule has 2 saturated heterocycles. The van der Waals surface area contributed by atoms with Crippen molar-refractivity contribution >= 4 is 11.6 Å². The summed E-state index contributed by atoms with van der Waals surface area (Å²) in [5.41, 5.74) is 1.06.